The smallest absolute Gasteiger partial charge is 0.554 e. The van der Waals surface area contributed by atoms with Gasteiger partial charge < -0.3 is 15.0 Å². The van der Waals surface area contributed by atoms with Crippen molar-refractivity contribution in [2.45, 2.75) is 13.0 Å². The molecule has 0 aliphatic rings. The van der Waals surface area contributed by atoms with E-state index in [0.29, 0.717) is 6.92 Å². The van der Waals surface area contributed by atoms with E-state index in [-0.39, 0.29) is 51.4 Å². The Morgan fingerprint density at radius 1 is 1.67 bits per heavy atom. The number of rotatable bonds is 0. The SMILES string of the molecule is CC(O)(F)F.O=C[O-].[K+]. The monoisotopic (exact) mass is 166 g/mol. The summed E-state index contributed by atoms with van der Waals surface area (Å²) in [7, 11) is 0. The van der Waals surface area contributed by atoms with Crippen LogP contribution in [0.25, 0.3) is 0 Å². The molecule has 0 aliphatic carbocycles. The van der Waals surface area contributed by atoms with Gasteiger partial charge in [-0.25, -0.2) is 0 Å². The largest absolute Gasteiger partial charge is 1.00 e. The second-order valence-corrected chi connectivity index (χ2v) is 0.938. The van der Waals surface area contributed by atoms with Crippen LogP contribution in [-0.2, 0) is 4.79 Å². The Hall–Kier alpha value is 0.926. The Morgan fingerprint density at radius 3 is 1.67 bits per heavy atom. The molecule has 0 unspecified atom stereocenters. The van der Waals surface area contributed by atoms with Crippen molar-refractivity contribution < 1.29 is 75.2 Å². The number of hydrogen-bond acceptors (Lipinski definition) is 3. The molecule has 1 N–H and O–H groups in total. The van der Waals surface area contributed by atoms with Crippen LogP contribution in [0.5, 0.6) is 0 Å². The van der Waals surface area contributed by atoms with E-state index in [1.807, 2.05) is 0 Å². The van der Waals surface area contributed by atoms with Gasteiger partial charge in [-0.3, -0.25) is 0 Å². The zero-order valence-electron chi connectivity index (χ0n) is 5.10. The maximum absolute atomic E-state index is 10.6. The third-order valence-electron chi connectivity index (χ3n) is 0. The molecule has 0 spiro atoms. The minimum absolute atomic E-state index is 0. The molecule has 0 rings (SSSR count). The third-order valence-corrected chi connectivity index (χ3v) is 0. The molecule has 9 heavy (non-hydrogen) atoms. The molecule has 0 aromatic heterocycles. The maximum atomic E-state index is 10.6. The van der Waals surface area contributed by atoms with E-state index in [2.05, 4.69) is 0 Å². The zero-order chi connectivity index (χ0) is 7.21. The van der Waals surface area contributed by atoms with Gasteiger partial charge in [0.25, 0.3) is 0 Å². The summed E-state index contributed by atoms with van der Waals surface area (Å²) < 4.78 is 21.2. The van der Waals surface area contributed by atoms with Crippen LogP contribution in [0.4, 0.5) is 8.78 Å². The summed E-state index contributed by atoms with van der Waals surface area (Å²) >= 11 is 0. The first-order valence-corrected chi connectivity index (χ1v) is 1.57. The Balaban J connectivity index is -0.0000000800. The summed E-state index contributed by atoms with van der Waals surface area (Å²) in [5.41, 5.74) is 0. The first-order chi connectivity index (χ1) is 3.41. The van der Waals surface area contributed by atoms with Crippen molar-refractivity contribution >= 4 is 6.47 Å². The van der Waals surface area contributed by atoms with E-state index in [0.717, 1.165) is 0 Å². The van der Waals surface area contributed by atoms with Gasteiger partial charge in [0.1, 0.15) is 0 Å². The Labute approximate surface area is 93.5 Å². The van der Waals surface area contributed by atoms with E-state index >= 15 is 0 Å². The Bertz CT molecular complexity index is 56.6. The zero-order valence-corrected chi connectivity index (χ0v) is 8.22. The summed E-state index contributed by atoms with van der Waals surface area (Å²) in [5, 5.41) is 15.4. The van der Waals surface area contributed by atoms with Gasteiger partial charge in [0.05, 0.1) is 0 Å². The van der Waals surface area contributed by atoms with Gasteiger partial charge in [0, 0.05) is 13.4 Å². The number of alkyl halides is 2. The van der Waals surface area contributed by atoms with Gasteiger partial charge in [-0.15, -0.1) is 0 Å². The molecule has 0 saturated heterocycles. The standard InChI is InChI=1S/C2H4F2O.CH2O2.K/c1-2(3,4)5;2-1-3;/h5H,1H3;1H,(H,2,3);/q;;+1/p-1. The summed E-state index contributed by atoms with van der Waals surface area (Å²) in [6.45, 7) is -0.0903. The Morgan fingerprint density at radius 2 is 1.67 bits per heavy atom. The fourth-order valence-corrected chi connectivity index (χ4v) is 0. The van der Waals surface area contributed by atoms with Gasteiger partial charge in [0.15, 0.2) is 0 Å². The molecule has 0 bridgehead atoms. The van der Waals surface area contributed by atoms with Crippen molar-refractivity contribution in [2.75, 3.05) is 0 Å². The molecule has 0 atom stereocenters. The van der Waals surface area contributed by atoms with Crippen LogP contribution in [0.15, 0.2) is 0 Å². The van der Waals surface area contributed by atoms with Crippen LogP contribution in [0.3, 0.4) is 0 Å². The quantitative estimate of drug-likeness (QED) is 0.294. The molecule has 0 aromatic rings. The van der Waals surface area contributed by atoms with E-state index < -0.39 is 12.6 Å². The molecular weight excluding hydrogens is 161 g/mol. The van der Waals surface area contributed by atoms with E-state index in [1.165, 1.54) is 0 Å². The fourth-order valence-electron chi connectivity index (χ4n) is 0. The molecule has 0 fully saturated rings. The average Bonchev–Trinajstić information content (AvgIpc) is 1.27. The van der Waals surface area contributed by atoms with Crippen LogP contribution in [0.1, 0.15) is 6.92 Å². The normalized spacial score (nSPS) is 8.00. The predicted octanol–water partition coefficient (Wildman–Crippen LogP) is -4.04. The molecule has 6 heteroatoms. The van der Waals surface area contributed by atoms with Crippen molar-refractivity contribution in [3.05, 3.63) is 0 Å². The number of hydrogen-bond donors (Lipinski definition) is 1. The number of aliphatic hydroxyl groups is 1. The number of carboxylic acid groups (broad SMARTS) is 1. The van der Waals surface area contributed by atoms with Gasteiger partial charge in [-0.05, 0) is 0 Å². The van der Waals surface area contributed by atoms with Gasteiger partial charge >= 0.3 is 57.5 Å². The molecular formula is C3H5F2KO3. The van der Waals surface area contributed by atoms with E-state index in [9.17, 15) is 8.78 Å². The van der Waals surface area contributed by atoms with Crippen molar-refractivity contribution in [1.29, 1.82) is 0 Å². The summed E-state index contributed by atoms with van der Waals surface area (Å²) in [4.78, 5) is 8.25. The van der Waals surface area contributed by atoms with Crippen LogP contribution in [0, 0.1) is 0 Å². The number of carbonyl (C=O) groups is 1. The summed E-state index contributed by atoms with van der Waals surface area (Å²) in [6.07, 6.45) is -3.50. The van der Waals surface area contributed by atoms with Crippen molar-refractivity contribution in [2.24, 2.45) is 0 Å². The minimum atomic E-state index is -3.50. The summed E-state index contributed by atoms with van der Waals surface area (Å²) in [5.74, 6) is 0. The van der Waals surface area contributed by atoms with Crippen molar-refractivity contribution in [1.82, 2.24) is 0 Å². The average molecular weight is 166 g/mol. The van der Waals surface area contributed by atoms with Gasteiger partial charge in [-0.1, -0.05) is 0 Å². The number of carbonyl (C=O) groups excluding carboxylic acids is 1. The van der Waals surface area contributed by atoms with E-state index in [1.54, 1.807) is 0 Å². The van der Waals surface area contributed by atoms with Crippen LogP contribution >= 0.6 is 0 Å². The summed E-state index contributed by atoms with van der Waals surface area (Å²) in [6, 6.07) is 0. The Kier molecular flexibility index (Phi) is 16.4. The number of halogens is 2. The van der Waals surface area contributed by atoms with Crippen LogP contribution in [-0.4, -0.2) is 17.7 Å². The van der Waals surface area contributed by atoms with E-state index in [4.69, 9.17) is 15.0 Å². The topological polar surface area (TPSA) is 60.4 Å². The molecule has 0 heterocycles. The molecule has 0 saturated carbocycles. The van der Waals surface area contributed by atoms with Crippen LogP contribution < -0.4 is 56.5 Å². The van der Waals surface area contributed by atoms with Crippen molar-refractivity contribution in [3.63, 3.8) is 0 Å². The molecule has 0 aromatic carbocycles. The minimum Gasteiger partial charge on any atom is -0.554 e. The van der Waals surface area contributed by atoms with Gasteiger partial charge in [0.2, 0.25) is 0 Å². The molecule has 0 radical (unpaired) electrons. The fraction of sp³-hybridized carbons (Fsp3) is 0.667. The molecule has 0 aliphatic heterocycles. The van der Waals surface area contributed by atoms with Crippen LogP contribution in [0.2, 0.25) is 0 Å². The molecule has 50 valence electrons. The van der Waals surface area contributed by atoms with Gasteiger partial charge in [-0.2, -0.15) is 8.78 Å². The van der Waals surface area contributed by atoms with Crippen molar-refractivity contribution in [3.8, 4) is 0 Å². The second-order valence-electron chi connectivity index (χ2n) is 0.938. The molecule has 3 nitrogen and oxygen atoms in total. The third kappa shape index (κ3) is 499. The second kappa shape index (κ2) is 8.93. The molecule has 0 amide bonds. The maximum Gasteiger partial charge on any atom is 1.00 e. The first kappa shape index (κ1) is 16.5. The predicted molar refractivity (Wildman–Crippen MR) is 18.9 cm³/mol. The first-order valence-electron chi connectivity index (χ1n) is 1.57.